The second-order valence-electron chi connectivity index (χ2n) is 6.25. The minimum Gasteiger partial charge on any atom is -0.370 e. The third-order valence-electron chi connectivity index (χ3n) is 4.80. The van der Waals surface area contributed by atoms with E-state index in [0.29, 0.717) is 0 Å². The topological polar surface area (TPSA) is 29.0 Å². The van der Waals surface area contributed by atoms with Gasteiger partial charge in [0.1, 0.15) is 0 Å². The zero-order valence-electron chi connectivity index (χ0n) is 13.5. The zero-order valence-corrected chi connectivity index (χ0v) is 13.5. The van der Waals surface area contributed by atoms with Crippen molar-refractivity contribution in [3.63, 3.8) is 0 Å². The lowest BCUT2D eigenvalue weighted by Crippen LogP contribution is -2.30. The Morgan fingerprint density at radius 1 is 1.09 bits per heavy atom. The Labute approximate surface area is 136 Å². The number of hydrogen-bond donors (Lipinski definition) is 0. The summed E-state index contributed by atoms with van der Waals surface area (Å²) in [5, 5.41) is 2.33. The highest BCUT2D eigenvalue weighted by atomic mass is 15.1. The fourth-order valence-corrected chi connectivity index (χ4v) is 3.68. The first-order chi connectivity index (χ1) is 11.3. The van der Waals surface area contributed by atoms with E-state index in [9.17, 15) is 0 Å². The molecule has 0 saturated carbocycles. The summed E-state index contributed by atoms with van der Waals surface area (Å²) in [6.45, 7) is 8.33. The highest BCUT2D eigenvalue weighted by Crippen LogP contribution is 2.36. The molecule has 0 bridgehead atoms. The fourth-order valence-electron chi connectivity index (χ4n) is 3.68. The second-order valence-corrected chi connectivity index (χ2v) is 6.25. The van der Waals surface area contributed by atoms with Crippen LogP contribution in [0.3, 0.4) is 0 Å². The SMILES string of the molecule is C=Cc1c(C)nc2c(ccc3cccnc32)c1N1CCCCC1. The molecule has 0 aliphatic carbocycles. The van der Waals surface area contributed by atoms with Gasteiger partial charge < -0.3 is 4.90 Å². The molecule has 0 unspecified atom stereocenters. The summed E-state index contributed by atoms with van der Waals surface area (Å²) < 4.78 is 0. The molecule has 116 valence electrons. The van der Waals surface area contributed by atoms with Crippen molar-refractivity contribution in [2.45, 2.75) is 26.2 Å². The predicted octanol–water partition coefficient (Wildman–Crippen LogP) is 4.72. The highest BCUT2D eigenvalue weighted by molar-refractivity contribution is 6.09. The molecule has 0 N–H and O–H groups in total. The maximum absolute atomic E-state index is 4.87. The van der Waals surface area contributed by atoms with Gasteiger partial charge in [0.2, 0.25) is 0 Å². The van der Waals surface area contributed by atoms with Crippen LogP contribution in [-0.2, 0) is 0 Å². The molecule has 1 aromatic carbocycles. The predicted molar refractivity (Wildman–Crippen MR) is 97.9 cm³/mol. The number of aromatic nitrogens is 2. The van der Waals surface area contributed by atoms with Crippen LogP contribution in [0.5, 0.6) is 0 Å². The fraction of sp³-hybridized carbons (Fsp3) is 0.300. The summed E-state index contributed by atoms with van der Waals surface area (Å²) in [6.07, 6.45) is 7.64. The summed E-state index contributed by atoms with van der Waals surface area (Å²) in [5.74, 6) is 0. The van der Waals surface area contributed by atoms with Crippen LogP contribution < -0.4 is 4.90 Å². The molecule has 3 nitrogen and oxygen atoms in total. The van der Waals surface area contributed by atoms with Gasteiger partial charge in [-0.3, -0.25) is 9.97 Å². The van der Waals surface area contributed by atoms with Crippen LogP contribution in [0.15, 0.2) is 37.0 Å². The third-order valence-corrected chi connectivity index (χ3v) is 4.80. The monoisotopic (exact) mass is 303 g/mol. The Balaban J connectivity index is 2.08. The Bertz CT molecular complexity index is 892. The summed E-state index contributed by atoms with van der Waals surface area (Å²) in [6, 6.07) is 8.43. The molecule has 1 saturated heterocycles. The van der Waals surface area contributed by atoms with Crippen LogP contribution in [-0.4, -0.2) is 23.1 Å². The van der Waals surface area contributed by atoms with E-state index in [1.165, 1.54) is 30.3 Å². The molecule has 3 aromatic rings. The van der Waals surface area contributed by atoms with Gasteiger partial charge in [0.25, 0.3) is 0 Å². The second kappa shape index (κ2) is 5.65. The quantitative estimate of drug-likeness (QED) is 0.641. The first-order valence-corrected chi connectivity index (χ1v) is 8.35. The van der Waals surface area contributed by atoms with Gasteiger partial charge in [-0.15, -0.1) is 0 Å². The Morgan fingerprint density at radius 2 is 1.91 bits per heavy atom. The van der Waals surface area contributed by atoms with Gasteiger partial charge in [0.05, 0.1) is 16.7 Å². The Morgan fingerprint density at radius 3 is 2.70 bits per heavy atom. The largest absolute Gasteiger partial charge is 0.370 e. The number of pyridine rings is 2. The molecule has 0 amide bonds. The molecular formula is C20H21N3. The van der Waals surface area contributed by atoms with Gasteiger partial charge >= 0.3 is 0 Å². The number of fused-ring (bicyclic) bond motifs is 3. The van der Waals surface area contributed by atoms with Crippen molar-refractivity contribution in [2.24, 2.45) is 0 Å². The highest BCUT2D eigenvalue weighted by Gasteiger charge is 2.20. The van der Waals surface area contributed by atoms with Crippen molar-refractivity contribution in [1.29, 1.82) is 0 Å². The van der Waals surface area contributed by atoms with Gasteiger partial charge in [-0.2, -0.15) is 0 Å². The first-order valence-electron chi connectivity index (χ1n) is 8.35. The maximum atomic E-state index is 4.87. The standard InChI is InChI=1S/C20H21N3/c1-3-16-14(2)22-19-17(20(16)23-12-5-4-6-13-23)10-9-15-8-7-11-21-18(15)19/h3,7-11H,1,4-6,12-13H2,2H3. The Kier molecular flexibility index (Phi) is 3.49. The van der Waals surface area contributed by atoms with Gasteiger partial charge in [-0.05, 0) is 38.3 Å². The maximum Gasteiger partial charge on any atom is 0.0989 e. The van der Waals surface area contributed by atoms with Crippen LogP contribution in [0.2, 0.25) is 0 Å². The van der Waals surface area contributed by atoms with Gasteiger partial charge in [0.15, 0.2) is 0 Å². The molecule has 3 heterocycles. The van der Waals surface area contributed by atoms with Crippen LogP contribution in [0.4, 0.5) is 5.69 Å². The first kappa shape index (κ1) is 14.2. The van der Waals surface area contributed by atoms with Crippen LogP contribution in [0.1, 0.15) is 30.5 Å². The van der Waals surface area contributed by atoms with Crippen molar-refractivity contribution < 1.29 is 0 Å². The van der Waals surface area contributed by atoms with Gasteiger partial charge in [-0.25, -0.2) is 0 Å². The molecule has 3 heteroatoms. The normalized spacial score (nSPS) is 15.3. The molecule has 23 heavy (non-hydrogen) atoms. The molecule has 1 aliphatic rings. The molecule has 1 fully saturated rings. The molecule has 1 aliphatic heterocycles. The average Bonchev–Trinajstić information content (AvgIpc) is 2.61. The zero-order chi connectivity index (χ0) is 15.8. The number of hydrogen-bond acceptors (Lipinski definition) is 3. The van der Waals surface area contributed by atoms with Gasteiger partial charge in [0, 0.05) is 41.3 Å². The lowest BCUT2D eigenvalue weighted by Gasteiger charge is -2.31. The summed E-state index contributed by atoms with van der Waals surface area (Å²) in [5.41, 5.74) is 5.48. The molecule has 2 aromatic heterocycles. The smallest absolute Gasteiger partial charge is 0.0989 e. The molecule has 0 radical (unpaired) electrons. The van der Waals surface area contributed by atoms with Crippen LogP contribution >= 0.6 is 0 Å². The van der Waals surface area contributed by atoms with E-state index in [-0.39, 0.29) is 0 Å². The summed E-state index contributed by atoms with van der Waals surface area (Å²) in [7, 11) is 0. The molecular weight excluding hydrogens is 282 g/mol. The third kappa shape index (κ3) is 2.27. The minimum absolute atomic E-state index is 0.988. The number of piperidine rings is 1. The molecule has 0 atom stereocenters. The molecule has 4 rings (SSSR count). The lowest BCUT2D eigenvalue weighted by atomic mass is 10.0. The van der Waals surface area contributed by atoms with E-state index < -0.39 is 0 Å². The number of nitrogens with zero attached hydrogens (tertiary/aromatic N) is 3. The minimum atomic E-state index is 0.988. The van der Waals surface area contributed by atoms with Crippen LogP contribution in [0, 0.1) is 6.92 Å². The van der Waals surface area contributed by atoms with Crippen molar-refractivity contribution in [1.82, 2.24) is 9.97 Å². The molecule has 0 spiro atoms. The number of anilines is 1. The van der Waals surface area contributed by atoms with E-state index in [1.807, 2.05) is 18.3 Å². The van der Waals surface area contributed by atoms with Gasteiger partial charge in [-0.1, -0.05) is 24.8 Å². The van der Waals surface area contributed by atoms with Crippen molar-refractivity contribution in [2.75, 3.05) is 18.0 Å². The van der Waals surface area contributed by atoms with Crippen LogP contribution in [0.25, 0.3) is 27.9 Å². The van der Waals surface area contributed by atoms with E-state index in [0.717, 1.165) is 40.8 Å². The number of benzene rings is 1. The summed E-state index contributed by atoms with van der Waals surface area (Å²) >= 11 is 0. The van der Waals surface area contributed by atoms with Crippen molar-refractivity contribution in [3.05, 3.63) is 48.3 Å². The lowest BCUT2D eigenvalue weighted by molar-refractivity contribution is 0.578. The average molecular weight is 303 g/mol. The number of aryl methyl sites for hydroxylation is 1. The van der Waals surface area contributed by atoms with E-state index in [2.05, 4.69) is 41.6 Å². The van der Waals surface area contributed by atoms with Crippen molar-refractivity contribution in [3.8, 4) is 0 Å². The van der Waals surface area contributed by atoms with E-state index in [4.69, 9.17) is 4.98 Å². The van der Waals surface area contributed by atoms with E-state index >= 15 is 0 Å². The number of rotatable bonds is 2. The van der Waals surface area contributed by atoms with E-state index in [1.54, 1.807) is 0 Å². The Hall–Kier alpha value is -2.42. The summed E-state index contributed by atoms with van der Waals surface area (Å²) in [4.78, 5) is 12.0. The van der Waals surface area contributed by atoms with Crippen molar-refractivity contribution >= 4 is 33.6 Å².